The number of aliphatic hydroxyl groups is 1. The maximum Gasteiger partial charge on any atom is 0.312 e. The van der Waals surface area contributed by atoms with E-state index in [9.17, 15) is 9.90 Å². The normalized spacial score (nSPS) is 48.8. The van der Waals surface area contributed by atoms with Gasteiger partial charge in [0.15, 0.2) is 0 Å². The first-order chi connectivity index (χ1) is 16.7. The van der Waals surface area contributed by atoms with Gasteiger partial charge in [-0.25, -0.2) is 0 Å². The van der Waals surface area contributed by atoms with E-state index in [1.54, 1.807) is 11.6 Å². The van der Waals surface area contributed by atoms with Crippen LogP contribution in [0.1, 0.15) is 113 Å². The van der Waals surface area contributed by atoms with Crippen LogP contribution in [0.3, 0.4) is 0 Å². The van der Waals surface area contributed by atoms with Gasteiger partial charge in [0.05, 0.1) is 11.5 Å². The summed E-state index contributed by atoms with van der Waals surface area (Å²) in [5.41, 5.74) is 2.03. The summed E-state index contributed by atoms with van der Waals surface area (Å²) in [4.78, 5) is 13.7. The number of aliphatic hydroxyl groups excluding tert-OH is 1. The molecule has 3 nitrogen and oxygen atoms in total. The van der Waals surface area contributed by atoms with Crippen molar-refractivity contribution in [3.05, 3.63) is 24.3 Å². The lowest BCUT2D eigenvalue weighted by molar-refractivity contribution is -0.206. The second kappa shape index (κ2) is 8.20. The second-order valence-corrected chi connectivity index (χ2v) is 15.6. The fourth-order valence-corrected chi connectivity index (χ4v) is 10.9. The molecule has 5 aliphatic carbocycles. The van der Waals surface area contributed by atoms with E-state index < -0.39 is 0 Å². The number of esters is 1. The first-order valence-corrected chi connectivity index (χ1v) is 14.8. The third kappa shape index (κ3) is 3.36. The smallest absolute Gasteiger partial charge is 0.312 e. The van der Waals surface area contributed by atoms with Gasteiger partial charge >= 0.3 is 5.97 Å². The molecule has 0 aromatic rings. The molecule has 0 aromatic heterocycles. The molecule has 0 bridgehead atoms. The average molecular weight is 497 g/mol. The standard InChI is InChI=1S/C33H52O3/c1-9-20-36-27(35)33-18-16-28(2,3)21-23(33)22-10-11-25-30(6)14-13-26(34)29(4,5)24(30)12-15-32(25,8)31(22,7)17-19-33/h9-10,23-26,34H,1,11-21H2,2-8H3/t23-,24?,25+,26+,30-,31+,32+,33-/m0/s1. The minimum atomic E-state index is -0.370. The number of carbonyl (C=O) groups is 1. The monoisotopic (exact) mass is 496 g/mol. The number of ether oxygens (including phenoxy) is 1. The van der Waals surface area contributed by atoms with E-state index in [1.807, 2.05) is 0 Å². The molecule has 202 valence electrons. The molecule has 8 atom stereocenters. The van der Waals surface area contributed by atoms with E-state index in [0.717, 1.165) is 51.4 Å². The highest BCUT2D eigenvalue weighted by molar-refractivity contribution is 5.79. The first kappa shape index (κ1) is 26.5. The number of allylic oxidation sites excluding steroid dienone is 2. The summed E-state index contributed by atoms with van der Waals surface area (Å²) >= 11 is 0. The van der Waals surface area contributed by atoms with Crippen LogP contribution in [0.5, 0.6) is 0 Å². The summed E-state index contributed by atoms with van der Waals surface area (Å²) in [5.74, 6) is 1.50. The molecule has 0 saturated heterocycles. The fraction of sp³-hybridized carbons (Fsp3) is 0.848. The number of hydrogen-bond acceptors (Lipinski definition) is 3. The Morgan fingerprint density at radius 3 is 2.39 bits per heavy atom. The molecule has 0 radical (unpaired) electrons. The van der Waals surface area contributed by atoms with Crippen molar-refractivity contribution in [3.63, 3.8) is 0 Å². The summed E-state index contributed by atoms with van der Waals surface area (Å²) in [7, 11) is 0. The van der Waals surface area contributed by atoms with Crippen molar-refractivity contribution in [1.82, 2.24) is 0 Å². The van der Waals surface area contributed by atoms with Gasteiger partial charge in [0.1, 0.15) is 6.61 Å². The van der Waals surface area contributed by atoms with Crippen molar-refractivity contribution in [2.24, 2.45) is 50.2 Å². The highest BCUT2D eigenvalue weighted by atomic mass is 16.5. The third-order valence-electron chi connectivity index (χ3n) is 13.4. The Hall–Kier alpha value is -1.09. The van der Waals surface area contributed by atoms with Gasteiger partial charge in [-0.05, 0) is 109 Å². The van der Waals surface area contributed by atoms with Gasteiger partial charge in [0, 0.05) is 0 Å². The molecule has 0 amide bonds. The van der Waals surface area contributed by atoms with Crippen LogP contribution >= 0.6 is 0 Å². The Kier molecular flexibility index (Phi) is 6.04. The van der Waals surface area contributed by atoms with Crippen LogP contribution in [-0.4, -0.2) is 23.8 Å². The third-order valence-corrected chi connectivity index (χ3v) is 13.4. The van der Waals surface area contributed by atoms with Crippen LogP contribution in [0.2, 0.25) is 0 Å². The number of carbonyl (C=O) groups excluding carboxylic acids is 1. The first-order valence-electron chi connectivity index (χ1n) is 14.8. The summed E-state index contributed by atoms with van der Waals surface area (Å²) in [5, 5.41) is 10.9. The molecule has 4 fully saturated rings. The van der Waals surface area contributed by atoms with Gasteiger partial charge < -0.3 is 9.84 Å². The lowest BCUT2D eigenvalue weighted by Crippen LogP contribution is -2.65. The van der Waals surface area contributed by atoms with E-state index in [0.29, 0.717) is 18.4 Å². The number of hydrogen-bond donors (Lipinski definition) is 1. The molecule has 0 heterocycles. The lowest BCUT2D eigenvalue weighted by Gasteiger charge is -2.71. The maximum atomic E-state index is 13.7. The Morgan fingerprint density at radius 1 is 1.00 bits per heavy atom. The van der Waals surface area contributed by atoms with Crippen LogP contribution in [0.15, 0.2) is 24.3 Å². The molecule has 36 heavy (non-hydrogen) atoms. The minimum absolute atomic E-state index is 0.0246. The molecule has 4 saturated carbocycles. The molecule has 5 aliphatic rings. The maximum absolute atomic E-state index is 13.7. The van der Waals surface area contributed by atoms with Gasteiger partial charge in [-0.3, -0.25) is 4.79 Å². The second-order valence-electron chi connectivity index (χ2n) is 15.6. The summed E-state index contributed by atoms with van der Waals surface area (Å²) in [6, 6.07) is 0. The predicted molar refractivity (Wildman–Crippen MR) is 146 cm³/mol. The highest BCUT2D eigenvalue weighted by Crippen LogP contribution is 2.75. The van der Waals surface area contributed by atoms with Crippen LogP contribution in [-0.2, 0) is 9.53 Å². The number of fused-ring (bicyclic) bond motifs is 7. The highest BCUT2D eigenvalue weighted by Gasteiger charge is 2.69. The average Bonchev–Trinajstić information content (AvgIpc) is 2.80. The molecule has 1 N–H and O–H groups in total. The zero-order valence-electron chi connectivity index (χ0n) is 24.2. The van der Waals surface area contributed by atoms with E-state index in [-0.39, 0.29) is 50.5 Å². The summed E-state index contributed by atoms with van der Waals surface area (Å²) < 4.78 is 5.82. The van der Waals surface area contributed by atoms with Crippen molar-refractivity contribution < 1.29 is 14.6 Å². The molecule has 0 aliphatic heterocycles. The molecule has 0 spiro atoms. The van der Waals surface area contributed by atoms with Crippen molar-refractivity contribution in [1.29, 1.82) is 0 Å². The molecular formula is C33H52O3. The van der Waals surface area contributed by atoms with E-state index in [2.05, 4.69) is 61.1 Å². The Morgan fingerprint density at radius 2 is 1.69 bits per heavy atom. The van der Waals surface area contributed by atoms with E-state index in [4.69, 9.17) is 4.74 Å². The SMILES string of the molecule is C=CCOC(=O)[C@]12CCC(C)(C)C[C@H]1C1=CC[C@@H]3[C@@]4(C)CC[C@@H](O)C(C)(C)C4CC[C@@]3(C)[C@]1(C)CC2. The molecule has 0 aromatic carbocycles. The summed E-state index contributed by atoms with van der Waals surface area (Å²) in [6.07, 6.45) is 14.9. The predicted octanol–water partition coefficient (Wildman–Crippen LogP) is 7.88. The molecular weight excluding hydrogens is 444 g/mol. The van der Waals surface area contributed by atoms with Gasteiger partial charge in [-0.15, -0.1) is 0 Å². The lowest BCUT2D eigenvalue weighted by atomic mass is 9.33. The molecule has 1 unspecified atom stereocenters. The van der Waals surface area contributed by atoms with Crippen LogP contribution in [0.25, 0.3) is 0 Å². The zero-order valence-corrected chi connectivity index (χ0v) is 24.2. The van der Waals surface area contributed by atoms with Gasteiger partial charge in [0.2, 0.25) is 0 Å². The van der Waals surface area contributed by atoms with Gasteiger partial charge in [0.25, 0.3) is 0 Å². The van der Waals surface area contributed by atoms with Crippen molar-refractivity contribution >= 4 is 5.97 Å². The van der Waals surface area contributed by atoms with Crippen molar-refractivity contribution in [2.75, 3.05) is 6.61 Å². The molecule has 3 heteroatoms. The Balaban J connectivity index is 1.57. The fourth-order valence-electron chi connectivity index (χ4n) is 10.9. The van der Waals surface area contributed by atoms with Gasteiger partial charge in [-0.1, -0.05) is 72.8 Å². The zero-order chi connectivity index (χ0) is 26.4. The minimum Gasteiger partial charge on any atom is -0.461 e. The van der Waals surface area contributed by atoms with Crippen molar-refractivity contribution in [2.45, 2.75) is 119 Å². The van der Waals surface area contributed by atoms with E-state index >= 15 is 0 Å². The van der Waals surface area contributed by atoms with Crippen LogP contribution < -0.4 is 0 Å². The van der Waals surface area contributed by atoms with Gasteiger partial charge in [-0.2, -0.15) is 0 Å². The quantitative estimate of drug-likeness (QED) is 0.319. The largest absolute Gasteiger partial charge is 0.461 e. The number of rotatable bonds is 3. The Labute approximate surface area is 220 Å². The Bertz CT molecular complexity index is 960. The summed E-state index contributed by atoms with van der Waals surface area (Å²) in [6.45, 7) is 21.3. The van der Waals surface area contributed by atoms with Crippen molar-refractivity contribution in [3.8, 4) is 0 Å². The van der Waals surface area contributed by atoms with Crippen LogP contribution in [0, 0.1) is 50.2 Å². The van der Waals surface area contributed by atoms with E-state index in [1.165, 1.54) is 12.8 Å². The van der Waals surface area contributed by atoms with Crippen LogP contribution in [0.4, 0.5) is 0 Å². The topological polar surface area (TPSA) is 46.5 Å². The molecule has 5 rings (SSSR count).